The van der Waals surface area contributed by atoms with Crippen molar-refractivity contribution in [2.75, 3.05) is 13.6 Å². The van der Waals surface area contributed by atoms with Gasteiger partial charge in [-0.3, -0.25) is 0 Å². The first-order chi connectivity index (χ1) is 11.9. The van der Waals surface area contributed by atoms with E-state index in [4.69, 9.17) is 0 Å². The number of quaternary nitrogens is 1. The maximum atomic E-state index is 10.3. The Hall–Kier alpha value is -1.38. The van der Waals surface area contributed by atoms with Gasteiger partial charge in [0.25, 0.3) is 0 Å². The molecule has 0 spiro atoms. The van der Waals surface area contributed by atoms with Gasteiger partial charge in [0.05, 0.1) is 31.7 Å². The maximum Gasteiger partial charge on any atom is 0.112 e. The first-order valence-electron chi connectivity index (χ1n) is 9.24. The van der Waals surface area contributed by atoms with Crippen molar-refractivity contribution >= 4 is 0 Å². The summed E-state index contributed by atoms with van der Waals surface area (Å²) in [6.45, 7) is 10.1. The average molecular weight is 462 g/mol. The molecule has 0 N–H and O–H groups in total. The fourth-order valence-electron chi connectivity index (χ4n) is 3.61. The molecule has 26 heavy (non-hydrogen) atoms. The molecule has 0 amide bonds. The second-order valence-electron chi connectivity index (χ2n) is 7.76. The first-order valence-corrected chi connectivity index (χ1v) is 9.24. The predicted octanol–water partition coefficient (Wildman–Crippen LogP) is 2.15. The Bertz CT molecular complexity index is 654. The van der Waals surface area contributed by atoms with Gasteiger partial charge in [-0.25, -0.2) is 0 Å². The summed E-state index contributed by atoms with van der Waals surface area (Å²) in [5, 5.41) is 10.3. The van der Waals surface area contributed by atoms with Gasteiger partial charge in [0.2, 0.25) is 0 Å². The molecule has 2 aromatic carbocycles. The van der Waals surface area contributed by atoms with Crippen molar-refractivity contribution in [2.24, 2.45) is 0 Å². The summed E-state index contributed by atoms with van der Waals surface area (Å²) in [5.74, 6) is 0. The number of rotatable bonds is 7. The molecule has 140 valence electrons. The first kappa shape index (κ1) is 22.7. The van der Waals surface area contributed by atoms with Gasteiger partial charge in [0.1, 0.15) is 5.41 Å². The van der Waals surface area contributed by atoms with Gasteiger partial charge in [0, 0.05) is 6.42 Å². The third-order valence-electron chi connectivity index (χ3n) is 6.05. The van der Waals surface area contributed by atoms with Gasteiger partial charge in [-0.15, -0.1) is 0 Å². The van der Waals surface area contributed by atoms with E-state index in [1.807, 2.05) is 36.4 Å². The molecule has 0 aliphatic rings. The van der Waals surface area contributed by atoms with Gasteiger partial charge in [-0.05, 0) is 38.8 Å². The number of benzene rings is 2. The van der Waals surface area contributed by atoms with Crippen LogP contribution in [0.4, 0.5) is 0 Å². The zero-order chi connectivity index (χ0) is 18.5. The van der Waals surface area contributed by atoms with Gasteiger partial charge in [0.15, 0.2) is 0 Å². The zero-order valence-corrected chi connectivity index (χ0v) is 18.8. The normalized spacial score (nSPS) is 11.9. The molecule has 2 aromatic rings. The third-order valence-corrected chi connectivity index (χ3v) is 6.05. The molecule has 0 bridgehead atoms. The monoisotopic (exact) mass is 462 g/mol. The molecule has 0 atom stereocenters. The Morgan fingerprint density at radius 3 is 1.54 bits per heavy atom. The van der Waals surface area contributed by atoms with Crippen LogP contribution in [0.3, 0.4) is 0 Å². The van der Waals surface area contributed by atoms with E-state index < -0.39 is 5.41 Å². The molecule has 0 fully saturated rings. The lowest BCUT2D eigenvalue weighted by atomic mass is 9.73. The Labute approximate surface area is 176 Å². The van der Waals surface area contributed by atoms with Crippen molar-refractivity contribution < 1.29 is 28.5 Å². The summed E-state index contributed by atoms with van der Waals surface area (Å²) < 4.78 is 0.961. The van der Waals surface area contributed by atoms with Crippen LogP contribution in [0.5, 0.6) is 0 Å². The second kappa shape index (κ2) is 9.53. The van der Waals surface area contributed by atoms with Crippen molar-refractivity contribution in [3.05, 3.63) is 71.8 Å². The maximum absolute atomic E-state index is 10.3. The van der Waals surface area contributed by atoms with Crippen LogP contribution in [0, 0.1) is 11.3 Å². The number of nitriles is 1. The van der Waals surface area contributed by atoms with E-state index in [0.717, 1.165) is 28.6 Å². The summed E-state index contributed by atoms with van der Waals surface area (Å²) >= 11 is 0. The molecular formula is C23H31IN2. The van der Waals surface area contributed by atoms with Crippen LogP contribution in [0.1, 0.15) is 45.2 Å². The number of nitrogens with zero attached hydrogens (tertiary/aromatic N) is 2. The van der Waals surface area contributed by atoms with E-state index in [9.17, 15) is 5.26 Å². The van der Waals surface area contributed by atoms with E-state index in [0.29, 0.717) is 12.1 Å². The lowest BCUT2D eigenvalue weighted by molar-refractivity contribution is -0.949. The highest BCUT2D eigenvalue weighted by atomic mass is 127. The van der Waals surface area contributed by atoms with Crippen LogP contribution in [-0.2, 0) is 5.41 Å². The molecule has 2 rings (SSSR count). The molecule has 0 aromatic heterocycles. The van der Waals surface area contributed by atoms with Gasteiger partial charge < -0.3 is 28.5 Å². The van der Waals surface area contributed by atoms with Crippen LogP contribution in [-0.4, -0.2) is 30.2 Å². The molecule has 0 aliphatic carbocycles. The highest BCUT2D eigenvalue weighted by Crippen LogP contribution is 2.36. The van der Waals surface area contributed by atoms with E-state index in [1.165, 1.54) is 0 Å². The van der Waals surface area contributed by atoms with Crippen molar-refractivity contribution in [1.29, 1.82) is 5.26 Å². The fourth-order valence-corrected chi connectivity index (χ4v) is 3.61. The van der Waals surface area contributed by atoms with Crippen molar-refractivity contribution in [1.82, 2.24) is 0 Å². The molecule has 0 saturated carbocycles. The average Bonchev–Trinajstić information content (AvgIpc) is 2.64. The van der Waals surface area contributed by atoms with Crippen LogP contribution in [0.25, 0.3) is 0 Å². The van der Waals surface area contributed by atoms with Crippen LogP contribution in [0.2, 0.25) is 0 Å². The van der Waals surface area contributed by atoms with Gasteiger partial charge >= 0.3 is 0 Å². The van der Waals surface area contributed by atoms with Crippen LogP contribution < -0.4 is 24.0 Å². The smallest absolute Gasteiger partial charge is 0.112 e. The number of hydrogen-bond acceptors (Lipinski definition) is 1. The lowest BCUT2D eigenvalue weighted by Gasteiger charge is -2.44. The predicted molar refractivity (Wildman–Crippen MR) is 105 cm³/mol. The van der Waals surface area contributed by atoms with Crippen LogP contribution >= 0.6 is 0 Å². The van der Waals surface area contributed by atoms with Crippen LogP contribution in [0.15, 0.2) is 60.7 Å². The minimum Gasteiger partial charge on any atom is -1.00 e. The highest BCUT2D eigenvalue weighted by Gasteiger charge is 2.39. The second-order valence-corrected chi connectivity index (χ2v) is 7.76. The lowest BCUT2D eigenvalue weighted by Crippen LogP contribution is -3.00. The van der Waals surface area contributed by atoms with Gasteiger partial charge in [-0.1, -0.05) is 60.7 Å². The summed E-state index contributed by atoms with van der Waals surface area (Å²) in [4.78, 5) is 0. The minimum absolute atomic E-state index is 0. The van der Waals surface area contributed by atoms with E-state index in [2.05, 4.69) is 65.1 Å². The van der Waals surface area contributed by atoms with Gasteiger partial charge in [-0.2, -0.15) is 5.26 Å². The summed E-state index contributed by atoms with van der Waals surface area (Å²) in [6.07, 6.45) is 0.810. The molecule has 0 aliphatic heterocycles. The summed E-state index contributed by atoms with van der Waals surface area (Å²) in [5.41, 5.74) is 1.57. The van der Waals surface area contributed by atoms with E-state index >= 15 is 0 Å². The molecular weight excluding hydrogens is 431 g/mol. The molecule has 0 radical (unpaired) electrons. The Balaban J connectivity index is 0.00000338. The zero-order valence-electron chi connectivity index (χ0n) is 16.6. The minimum atomic E-state index is -0.605. The number of halogens is 1. The Morgan fingerprint density at radius 1 is 0.846 bits per heavy atom. The summed E-state index contributed by atoms with van der Waals surface area (Å²) in [7, 11) is 2.31. The Kier molecular flexibility index (Phi) is 8.30. The third kappa shape index (κ3) is 4.47. The fraction of sp³-hybridized carbons (Fsp3) is 0.435. The Morgan fingerprint density at radius 2 is 1.23 bits per heavy atom. The molecule has 3 heteroatoms. The quantitative estimate of drug-likeness (QED) is 0.457. The van der Waals surface area contributed by atoms with Crippen molar-refractivity contribution in [3.63, 3.8) is 0 Å². The SMILES string of the molecule is CC(C)[N+](C)(CCC(C#N)(c1ccccc1)c1ccccc1)C(C)C.[I-]. The standard InChI is InChI=1S/C23H31N2.HI/c1-19(2)25(5,20(3)4)17-16-23(18-24,21-12-8-6-9-13-21)22-14-10-7-11-15-22;/h6-15,19-20H,16-17H2,1-5H3;1H/q+1;/p-1. The highest BCUT2D eigenvalue weighted by molar-refractivity contribution is 5.45. The molecule has 0 saturated heterocycles. The van der Waals surface area contributed by atoms with E-state index in [1.54, 1.807) is 0 Å². The van der Waals surface area contributed by atoms with E-state index in [-0.39, 0.29) is 24.0 Å². The molecule has 0 unspecified atom stereocenters. The molecule has 2 nitrogen and oxygen atoms in total. The summed E-state index contributed by atoms with van der Waals surface area (Å²) in [6, 6.07) is 24.2. The number of hydrogen-bond donors (Lipinski definition) is 0. The van der Waals surface area contributed by atoms with Crippen molar-refractivity contribution in [2.45, 2.75) is 51.6 Å². The topological polar surface area (TPSA) is 23.8 Å². The largest absolute Gasteiger partial charge is 1.00 e. The molecule has 0 heterocycles. The van der Waals surface area contributed by atoms with Crippen molar-refractivity contribution in [3.8, 4) is 6.07 Å².